The number of esters is 2. The smallest absolute Gasteiger partial charge is 0.355 e. The molecule has 0 saturated carbocycles. The van der Waals surface area contributed by atoms with Crippen molar-refractivity contribution in [3.63, 3.8) is 0 Å². The molecule has 2 aromatic rings. The van der Waals surface area contributed by atoms with Gasteiger partial charge in [0.25, 0.3) is 6.29 Å². The van der Waals surface area contributed by atoms with Gasteiger partial charge in [-0.05, 0) is 24.3 Å². The SMILES string of the molecule is O=C1O[C@@H](OC(=O)c2ccccc2)C(Nc2cccc(O)c2)=C1Cl. The third kappa shape index (κ3) is 3.33. The molecule has 2 aromatic carbocycles. The summed E-state index contributed by atoms with van der Waals surface area (Å²) in [5.74, 6) is -1.43. The van der Waals surface area contributed by atoms with Gasteiger partial charge in [0.15, 0.2) is 5.03 Å². The van der Waals surface area contributed by atoms with Crippen LogP contribution in [0.3, 0.4) is 0 Å². The second kappa shape index (κ2) is 6.64. The number of carbonyl (C=O) groups excluding carboxylic acids is 2. The van der Waals surface area contributed by atoms with Crippen LogP contribution < -0.4 is 5.32 Å². The first-order valence-corrected chi connectivity index (χ1v) is 7.35. The largest absolute Gasteiger partial charge is 0.508 e. The predicted molar refractivity (Wildman–Crippen MR) is 86.3 cm³/mol. The average molecular weight is 346 g/mol. The zero-order chi connectivity index (χ0) is 17.1. The Morgan fingerprint density at radius 1 is 1.17 bits per heavy atom. The summed E-state index contributed by atoms with van der Waals surface area (Å²) in [5.41, 5.74) is 0.868. The van der Waals surface area contributed by atoms with Crippen molar-refractivity contribution in [2.24, 2.45) is 0 Å². The van der Waals surface area contributed by atoms with Crippen LogP contribution in [0.4, 0.5) is 5.69 Å². The predicted octanol–water partition coefficient (Wildman–Crippen LogP) is 2.99. The third-order valence-electron chi connectivity index (χ3n) is 3.21. The van der Waals surface area contributed by atoms with E-state index < -0.39 is 18.2 Å². The van der Waals surface area contributed by atoms with Crippen molar-refractivity contribution >= 4 is 29.2 Å². The highest BCUT2D eigenvalue weighted by atomic mass is 35.5. The van der Waals surface area contributed by atoms with Crippen LogP contribution in [0.2, 0.25) is 0 Å². The van der Waals surface area contributed by atoms with E-state index in [1.54, 1.807) is 42.5 Å². The van der Waals surface area contributed by atoms with Gasteiger partial charge >= 0.3 is 11.9 Å². The number of aromatic hydroxyl groups is 1. The van der Waals surface area contributed by atoms with E-state index >= 15 is 0 Å². The van der Waals surface area contributed by atoms with Crippen LogP contribution in [0, 0.1) is 0 Å². The molecular formula is C17H12ClNO5. The fraction of sp³-hybridized carbons (Fsp3) is 0.0588. The fourth-order valence-corrected chi connectivity index (χ4v) is 2.28. The number of hydrogen-bond acceptors (Lipinski definition) is 6. The third-order valence-corrected chi connectivity index (χ3v) is 3.57. The van der Waals surface area contributed by atoms with Crippen LogP contribution in [-0.4, -0.2) is 23.3 Å². The lowest BCUT2D eigenvalue weighted by atomic mass is 10.2. The lowest BCUT2D eigenvalue weighted by molar-refractivity contribution is -0.152. The minimum Gasteiger partial charge on any atom is -0.508 e. The molecule has 0 spiro atoms. The Balaban J connectivity index is 1.80. The van der Waals surface area contributed by atoms with Gasteiger partial charge < -0.3 is 19.9 Å². The molecule has 0 aliphatic carbocycles. The highest BCUT2D eigenvalue weighted by molar-refractivity contribution is 6.42. The molecule has 0 radical (unpaired) electrons. The average Bonchev–Trinajstić information content (AvgIpc) is 2.83. The number of carbonyl (C=O) groups is 2. The fourth-order valence-electron chi connectivity index (χ4n) is 2.10. The molecule has 0 saturated heterocycles. The first-order chi connectivity index (χ1) is 11.5. The molecule has 1 atom stereocenters. The number of hydrogen-bond donors (Lipinski definition) is 2. The summed E-state index contributed by atoms with van der Waals surface area (Å²) >= 11 is 5.93. The molecule has 1 aliphatic rings. The number of anilines is 1. The molecule has 7 heteroatoms. The Bertz CT molecular complexity index is 819. The minimum absolute atomic E-state index is 0.0276. The lowest BCUT2D eigenvalue weighted by Gasteiger charge is -2.16. The van der Waals surface area contributed by atoms with Crippen molar-refractivity contribution in [1.29, 1.82) is 0 Å². The molecule has 1 aliphatic heterocycles. The number of cyclic esters (lactones) is 1. The van der Waals surface area contributed by atoms with E-state index in [1.165, 1.54) is 12.1 Å². The van der Waals surface area contributed by atoms with Gasteiger partial charge in [-0.1, -0.05) is 35.9 Å². The maximum absolute atomic E-state index is 12.1. The second-order valence-corrected chi connectivity index (χ2v) is 5.29. The van der Waals surface area contributed by atoms with E-state index in [0.717, 1.165) is 0 Å². The number of nitrogens with one attached hydrogen (secondary N) is 1. The molecule has 2 N–H and O–H groups in total. The summed E-state index contributed by atoms with van der Waals surface area (Å²) < 4.78 is 10.2. The molecular weight excluding hydrogens is 334 g/mol. The normalized spacial score (nSPS) is 16.7. The van der Waals surface area contributed by atoms with Crippen LogP contribution in [0.5, 0.6) is 5.75 Å². The van der Waals surface area contributed by atoms with Gasteiger partial charge in [0, 0.05) is 11.8 Å². The number of rotatable bonds is 4. The first-order valence-electron chi connectivity index (χ1n) is 6.97. The Hall–Kier alpha value is -2.99. The van der Waals surface area contributed by atoms with Gasteiger partial charge in [0.2, 0.25) is 0 Å². The number of ether oxygens (including phenoxy) is 2. The van der Waals surface area contributed by atoms with Gasteiger partial charge in [-0.2, -0.15) is 0 Å². The topological polar surface area (TPSA) is 84.9 Å². The maximum Gasteiger partial charge on any atom is 0.355 e. The van der Waals surface area contributed by atoms with Crippen molar-refractivity contribution in [3.8, 4) is 5.75 Å². The molecule has 24 heavy (non-hydrogen) atoms. The Morgan fingerprint density at radius 2 is 1.92 bits per heavy atom. The van der Waals surface area contributed by atoms with Crippen LogP contribution in [-0.2, 0) is 14.3 Å². The molecule has 0 unspecified atom stereocenters. The van der Waals surface area contributed by atoms with E-state index in [9.17, 15) is 14.7 Å². The quantitative estimate of drug-likeness (QED) is 0.829. The van der Waals surface area contributed by atoms with E-state index in [0.29, 0.717) is 11.3 Å². The van der Waals surface area contributed by atoms with Crippen molar-refractivity contribution in [3.05, 3.63) is 70.9 Å². The van der Waals surface area contributed by atoms with Crippen LogP contribution >= 0.6 is 11.6 Å². The molecule has 1 heterocycles. The van der Waals surface area contributed by atoms with Gasteiger partial charge in [-0.15, -0.1) is 0 Å². The molecule has 0 aromatic heterocycles. The van der Waals surface area contributed by atoms with Crippen molar-refractivity contribution in [2.75, 3.05) is 5.32 Å². The molecule has 0 amide bonds. The Labute approximate surface area is 142 Å². The lowest BCUT2D eigenvalue weighted by Crippen LogP contribution is -2.24. The zero-order valence-electron chi connectivity index (χ0n) is 12.2. The summed E-state index contributed by atoms with van der Waals surface area (Å²) in [6.45, 7) is 0. The zero-order valence-corrected chi connectivity index (χ0v) is 13.0. The van der Waals surface area contributed by atoms with Crippen LogP contribution in [0.1, 0.15) is 10.4 Å². The highest BCUT2D eigenvalue weighted by Crippen LogP contribution is 2.29. The number of phenolic OH excluding ortho intramolecular Hbond substituents is 1. The molecule has 3 rings (SSSR count). The van der Waals surface area contributed by atoms with E-state index in [4.69, 9.17) is 21.1 Å². The second-order valence-electron chi connectivity index (χ2n) is 4.91. The highest BCUT2D eigenvalue weighted by Gasteiger charge is 2.36. The summed E-state index contributed by atoms with van der Waals surface area (Å²) in [4.78, 5) is 23.8. The molecule has 0 fully saturated rings. The number of halogens is 1. The van der Waals surface area contributed by atoms with Crippen LogP contribution in [0.25, 0.3) is 0 Å². The minimum atomic E-state index is -1.29. The van der Waals surface area contributed by atoms with Gasteiger partial charge in [0.1, 0.15) is 11.4 Å². The van der Waals surface area contributed by atoms with Crippen molar-refractivity contribution in [1.82, 2.24) is 0 Å². The first kappa shape index (κ1) is 15.9. The number of phenols is 1. The van der Waals surface area contributed by atoms with Gasteiger partial charge in [-0.25, -0.2) is 9.59 Å². The summed E-state index contributed by atoms with van der Waals surface area (Å²) in [5, 5.41) is 12.1. The monoisotopic (exact) mass is 345 g/mol. The Morgan fingerprint density at radius 3 is 2.62 bits per heavy atom. The summed E-state index contributed by atoms with van der Waals surface area (Å²) in [6.07, 6.45) is -1.29. The van der Waals surface area contributed by atoms with Crippen molar-refractivity contribution < 1.29 is 24.2 Å². The van der Waals surface area contributed by atoms with Gasteiger partial charge in [-0.3, -0.25) is 0 Å². The molecule has 0 bridgehead atoms. The number of benzene rings is 2. The summed E-state index contributed by atoms with van der Waals surface area (Å²) in [7, 11) is 0. The maximum atomic E-state index is 12.1. The standard InChI is InChI=1S/C17H12ClNO5/c18-13-14(19-11-7-4-8-12(20)9-11)17(24-16(13)22)23-15(21)10-5-2-1-3-6-10/h1-9,17,19-20H/t17-/m1/s1. The van der Waals surface area contributed by atoms with E-state index in [2.05, 4.69) is 5.32 Å². The van der Waals surface area contributed by atoms with E-state index in [1.807, 2.05) is 0 Å². The van der Waals surface area contributed by atoms with E-state index in [-0.39, 0.29) is 16.5 Å². The molecule has 6 nitrogen and oxygen atoms in total. The summed E-state index contributed by atoms with van der Waals surface area (Å²) in [6, 6.07) is 14.5. The van der Waals surface area contributed by atoms with Gasteiger partial charge in [0.05, 0.1) is 5.56 Å². The molecule has 122 valence electrons. The Kier molecular flexibility index (Phi) is 4.39. The van der Waals surface area contributed by atoms with Crippen molar-refractivity contribution in [2.45, 2.75) is 6.29 Å². The van der Waals surface area contributed by atoms with Crippen LogP contribution in [0.15, 0.2) is 65.3 Å².